The molecule has 2 aromatic heterocycles. The summed E-state index contributed by atoms with van der Waals surface area (Å²) in [6.07, 6.45) is 3.14. The maximum Gasteiger partial charge on any atom is 0.128 e. The molecular weight excluding hydrogens is 262 g/mol. The molecule has 4 nitrogen and oxygen atoms in total. The fourth-order valence-corrected chi connectivity index (χ4v) is 2.66. The van der Waals surface area contributed by atoms with E-state index in [-0.39, 0.29) is 0 Å². The third-order valence-electron chi connectivity index (χ3n) is 3.67. The highest BCUT2D eigenvalue weighted by Crippen LogP contribution is 2.27. The highest BCUT2D eigenvalue weighted by atomic mass is 16.5. The molecular formula is C17H21N3O. The van der Waals surface area contributed by atoms with Gasteiger partial charge in [-0.2, -0.15) is 5.10 Å². The summed E-state index contributed by atoms with van der Waals surface area (Å²) in [7, 11) is 1.99. The minimum absolute atomic E-state index is 0.755. The Hall–Kier alpha value is -2.23. The van der Waals surface area contributed by atoms with E-state index in [1.165, 1.54) is 16.6 Å². The van der Waals surface area contributed by atoms with Gasteiger partial charge in [0.05, 0.1) is 30.1 Å². The zero-order valence-electron chi connectivity index (χ0n) is 12.8. The van der Waals surface area contributed by atoms with Crippen LogP contribution in [0.15, 0.2) is 36.5 Å². The van der Waals surface area contributed by atoms with E-state index in [2.05, 4.69) is 47.1 Å². The lowest BCUT2D eigenvalue weighted by Crippen LogP contribution is -2.04. The summed E-state index contributed by atoms with van der Waals surface area (Å²) >= 11 is 0. The molecule has 0 atom stereocenters. The van der Waals surface area contributed by atoms with Gasteiger partial charge in [0.15, 0.2) is 0 Å². The fourth-order valence-electron chi connectivity index (χ4n) is 2.66. The summed E-state index contributed by atoms with van der Waals surface area (Å²) in [4.78, 5) is 0. The smallest absolute Gasteiger partial charge is 0.128 e. The molecule has 0 aliphatic carbocycles. The molecule has 0 aliphatic heterocycles. The Labute approximate surface area is 124 Å². The first kappa shape index (κ1) is 13.7. The molecule has 0 fully saturated rings. The normalized spacial score (nSPS) is 11.2. The Morgan fingerprint density at radius 2 is 2.10 bits per heavy atom. The number of benzene rings is 1. The Balaban J connectivity index is 1.95. The van der Waals surface area contributed by atoms with Crippen LogP contribution in [-0.2, 0) is 13.6 Å². The van der Waals surface area contributed by atoms with Crippen molar-refractivity contribution < 1.29 is 4.74 Å². The summed E-state index contributed by atoms with van der Waals surface area (Å²) in [5, 5.41) is 5.58. The van der Waals surface area contributed by atoms with Crippen LogP contribution in [0.3, 0.4) is 0 Å². The molecule has 21 heavy (non-hydrogen) atoms. The van der Waals surface area contributed by atoms with E-state index >= 15 is 0 Å². The van der Waals surface area contributed by atoms with Gasteiger partial charge in [-0.05, 0) is 37.6 Å². The van der Waals surface area contributed by atoms with Crippen molar-refractivity contribution in [2.24, 2.45) is 7.05 Å². The lowest BCUT2D eigenvalue weighted by atomic mass is 10.2. The van der Waals surface area contributed by atoms with Crippen LogP contribution in [0, 0.1) is 6.92 Å². The van der Waals surface area contributed by atoms with Gasteiger partial charge in [-0.25, -0.2) is 0 Å². The Bertz CT molecular complexity index is 755. The number of fused-ring (bicyclic) bond motifs is 1. The predicted molar refractivity (Wildman–Crippen MR) is 84.8 cm³/mol. The highest BCUT2D eigenvalue weighted by Gasteiger charge is 2.09. The van der Waals surface area contributed by atoms with Crippen molar-refractivity contribution in [1.29, 1.82) is 0 Å². The molecule has 3 rings (SSSR count). The zero-order valence-corrected chi connectivity index (χ0v) is 12.8. The van der Waals surface area contributed by atoms with E-state index in [0.29, 0.717) is 0 Å². The van der Waals surface area contributed by atoms with Crippen molar-refractivity contribution in [1.82, 2.24) is 14.3 Å². The van der Waals surface area contributed by atoms with Gasteiger partial charge in [-0.3, -0.25) is 4.68 Å². The van der Waals surface area contributed by atoms with Gasteiger partial charge >= 0.3 is 0 Å². The number of aryl methyl sites for hydroxylation is 2. The van der Waals surface area contributed by atoms with Gasteiger partial charge in [0, 0.05) is 18.6 Å². The average molecular weight is 283 g/mol. The topological polar surface area (TPSA) is 32.0 Å². The van der Waals surface area contributed by atoms with Crippen molar-refractivity contribution in [2.75, 3.05) is 6.61 Å². The van der Waals surface area contributed by atoms with Gasteiger partial charge in [0.25, 0.3) is 0 Å². The fraction of sp³-hybridized carbons (Fsp3) is 0.353. The lowest BCUT2D eigenvalue weighted by Gasteiger charge is -2.08. The van der Waals surface area contributed by atoms with Crippen molar-refractivity contribution in [3.05, 3.63) is 47.9 Å². The highest BCUT2D eigenvalue weighted by molar-refractivity contribution is 5.86. The largest absolute Gasteiger partial charge is 0.493 e. The third kappa shape index (κ3) is 2.66. The quantitative estimate of drug-likeness (QED) is 0.717. The van der Waals surface area contributed by atoms with E-state index in [0.717, 1.165) is 31.0 Å². The Morgan fingerprint density at radius 1 is 1.24 bits per heavy atom. The molecule has 0 saturated heterocycles. The van der Waals surface area contributed by atoms with Gasteiger partial charge in [0.1, 0.15) is 5.75 Å². The van der Waals surface area contributed by atoms with E-state index in [1.54, 1.807) is 0 Å². The van der Waals surface area contributed by atoms with E-state index in [9.17, 15) is 0 Å². The number of nitrogens with zero attached hydrogens (tertiary/aromatic N) is 3. The van der Waals surface area contributed by atoms with Crippen molar-refractivity contribution >= 4 is 10.9 Å². The SMILES string of the molecule is CCCOc1cccc2c1ccn2Cc1cc(C)nn1C. The number of ether oxygens (including phenoxy) is 1. The van der Waals surface area contributed by atoms with Crippen LogP contribution in [0.2, 0.25) is 0 Å². The first-order valence-corrected chi connectivity index (χ1v) is 7.39. The van der Waals surface area contributed by atoms with Crippen LogP contribution in [0.5, 0.6) is 5.75 Å². The van der Waals surface area contributed by atoms with E-state index in [1.807, 2.05) is 24.7 Å². The van der Waals surface area contributed by atoms with Gasteiger partial charge in [0.2, 0.25) is 0 Å². The van der Waals surface area contributed by atoms with Gasteiger partial charge < -0.3 is 9.30 Å². The summed E-state index contributed by atoms with van der Waals surface area (Å²) in [6, 6.07) is 10.5. The molecule has 2 heterocycles. The van der Waals surface area contributed by atoms with Gasteiger partial charge in [-0.15, -0.1) is 0 Å². The zero-order chi connectivity index (χ0) is 14.8. The first-order valence-electron chi connectivity index (χ1n) is 7.39. The third-order valence-corrected chi connectivity index (χ3v) is 3.67. The molecule has 0 spiro atoms. The lowest BCUT2D eigenvalue weighted by molar-refractivity contribution is 0.321. The molecule has 0 N–H and O–H groups in total. The molecule has 0 radical (unpaired) electrons. The van der Waals surface area contributed by atoms with E-state index in [4.69, 9.17) is 4.74 Å². The van der Waals surface area contributed by atoms with Crippen LogP contribution in [0.4, 0.5) is 0 Å². The predicted octanol–water partition coefficient (Wildman–Crippen LogP) is 3.52. The van der Waals surface area contributed by atoms with E-state index < -0.39 is 0 Å². The second kappa shape index (κ2) is 5.64. The second-order valence-corrected chi connectivity index (χ2v) is 5.38. The molecule has 1 aromatic carbocycles. The number of hydrogen-bond donors (Lipinski definition) is 0. The average Bonchev–Trinajstić information content (AvgIpc) is 3.01. The summed E-state index contributed by atoms with van der Waals surface area (Å²) in [5.41, 5.74) is 3.45. The Morgan fingerprint density at radius 3 is 2.81 bits per heavy atom. The van der Waals surface area contributed by atoms with Crippen molar-refractivity contribution in [2.45, 2.75) is 26.8 Å². The molecule has 0 bridgehead atoms. The summed E-state index contributed by atoms with van der Waals surface area (Å²) in [5.74, 6) is 0.967. The summed E-state index contributed by atoms with van der Waals surface area (Å²) in [6.45, 7) is 5.72. The first-order chi connectivity index (χ1) is 10.2. The van der Waals surface area contributed by atoms with Crippen LogP contribution >= 0.6 is 0 Å². The monoisotopic (exact) mass is 283 g/mol. The number of hydrogen-bond acceptors (Lipinski definition) is 2. The maximum absolute atomic E-state index is 5.83. The minimum Gasteiger partial charge on any atom is -0.493 e. The van der Waals surface area contributed by atoms with Crippen LogP contribution < -0.4 is 4.74 Å². The van der Waals surface area contributed by atoms with Crippen LogP contribution in [0.1, 0.15) is 24.7 Å². The van der Waals surface area contributed by atoms with Crippen LogP contribution in [0.25, 0.3) is 10.9 Å². The molecule has 0 aliphatic rings. The molecule has 4 heteroatoms. The van der Waals surface area contributed by atoms with Crippen molar-refractivity contribution in [3.8, 4) is 5.75 Å². The molecule has 3 aromatic rings. The standard InChI is InChI=1S/C17H21N3O/c1-4-10-21-17-7-5-6-16-15(17)8-9-20(16)12-14-11-13(2)18-19(14)3/h5-9,11H,4,10,12H2,1-3H3. The Kier molecular flexibility index (Phi) is 3.69. The number of aromatic nitrogens is 3. The second-order valence-electron chi connectivity index (χ2n) is 5.38. The molecule has 110 valence electrons. The molecule has 0 unspecified atom stereocenters. The van der Waals surface area contributed by atoms with Gasteiger partial charge in [-0.1, -0.05) is 13.0 Å². The van der Waals surface area contributed by atoms with Crippen LogP contribution in [-0.4, -0.2) is 21.0 Å². The summed E-state index contributed by atoms with van der Waals surface area (Å²) < 4.78 is 10.0. The molecule has 0 amide bonds. The maximum atomic E-state index is 5.83. The number of rotatable bonds is 5. The molecule has 0 saturated carbocycles. The van der Waals surface area contributed by atoms with Crippen molar-refractivity contribution in [3.63, 3.8) is 0 Å². The minimum atomic E-state index is 0.755.